The topological polar surface area (TPSA) is 94.0 Å². The van der Waals surface area contributed by atoms with Crippen LogP contribution >= 0.6 is 0 Å². The van der Waals surface area contributed by atoms with Gasteiger partial charge in [0, 0.05) is 52.5 Å². The predicted octanol–water partition coefficient (Wildman–Crippen LogP) is 6.86. The van der Waals surface area contributed by atoms with Crippen molar-refractivity contribution < 1.29 is 32.2 Å². The molecule has 2 aliphatic rings. The molecule has 2 saturated heterocycles. The third-order valence-electron chi connectivity index (χ3n) is 8.90. The molecule has 262 valence electrons. The number of aromatic nitrogens is 3. The van der Waals surface area contributed by atoms with Gasteiger partial charge in [0.1, 0.15) is 37.2 Å². The number of amides is 1. The van der Waals surface area contributed by atoms with Crippen LogP contribution < -0.4 is 10.2 Å². The number of halogens is 3. The number of hydrogen-bond donors (Lipinski definition) is 1. The van der Waals surface area contributed by atoms with Gasteiger partial charge >= 0.3 is 12.3 Å². The molecule has 1 unspecified atom stereocenters. The lowest BCUT2D eigenvalue weighted by atomic mass is 9.91. The maximum absolute atomic E-state index is 14.3. The minimum Gasteiger partial charge on any atom is -0.445 e. The van der Waals surface area contributed by atoms with E-state index in [0.29, 0.717) is 38.6 Å². The summed E-state index contributed by atoms with van der Waals surface area (Å²) in [6, 6.07) is 17.3. The molecular formula is C35H43F3N6O4Si. The molecular weight excluding hydrogens is 654 g/mol. The van der Waals surface area contributed by atoms with Crippen LogP contribution in [-0.4, -0.2) is 91.8 Å². The summed E-state index contributed by atoms with van der Waals surface area (Å²) in [6.07, 6.45) is -3.58. The first-order chi connectivity index (χ1) is 23.5. The summed E-state index contributed by atoms with van der Waals surface area (Å²) in [4.78, 5) is 25.2. The van der Waals surface area contributed by atoms with Crippen molar-refractivity contribution >= 4 is 36.7 Å². The number of carbonyl (C=O) groups is 1. The van der Waals surface area contributed by atoms with E-state index in [1.165, 1.54) is 4.90 Å². The molecule has 1 N–H and O–H groups in total. The lowest BCUT2D eigenvalue weighted by Crippen LogP contribution is -2.59. The van der Waals surface area contributed by atoms with Crippen LogP contribution in [0.5, 0.6) is 0 Å². The molecule has 2 aromatic carbocycles. The van der Waals surface area contributed by atoms with Gasteiger partial charge in [-0.25, -0.2) is 14.8 Å². The van der Waals surface area contributed by atoms with Crippen LogP contribution in [-0.2, 0) is 27.5 Å². The van der Waals surface area contributed by atoms with Crippen molar-refractivity contribution in [3.05, 3.63) is 72.6 Å². The van der Waals surface area contributed by atoms with Gasteiger partial charge in [-0.2, -0.15) is 13.2 Å². The predicted molar refractivity (Wildman–Crippen MR) is 185 cm³/mol. The third kappa shape index (κ3) is 8.54. The Bertz CT molecular complexity index is 1700. The number of benzene rings is 2. The Morgan fingerprint density at radius 2 is 1.76 bits per heavy atom. The molecule has 0 bridgehead atoms. The van der Waals surface area contributed by atoms with Crippen molar-refractivity contribution in [2.24, 2.45) is 5.92 Å². The minimum absolute atomic E-state index is 0.0484. The summed E-state index contributed by atoms with van der Waals surface area (Å²) in [7, 11) is -1.30. The SMILES string of the molecule is C[Si](C)(C)CCOCn1c(-c2ccc(NC(C3CN(C(=O)OCc4ccccc4)C3)C(F)(F)F)cc2)cc2c(N3CCOCC3)ncnc21. The number of nitrogens with zero attached hydrogens (tertiary/aromatic N) is 5. The number of alkyl halides is 3. The molecule has 0 radical (unpaired) electrons. The van der Waals surface area contributed by atoms with Crippen LogP contribution in [0.1, 0.15) is 5.56 Å². The molecule has 0 saturated carbocycles. The average Bonchev–Trinajstić information content (AvgIpc) is 3.43. The van der Waals surface area contributed by atoms with Crippen LogP contribution in [0.3, 0.4) is 0 Å². The van der Waals surface area contributed by atoms with Gasteiger partial charge in [0.2, 0.25) is 0 Å². The van der Waals surface area contributed by atoms with Gasteiger partial charge in [0.25, 0.3) is 0 Å². The number of rotatable bonds is 12. The Morgan fingerprint density at radius 1 is 1.04 bits per heavy atom. The number of hydrogen-bond acceptors (Lipinski definition) is 8. The van der Waals surface area contributed by atoms with Gasteiger partial charge in [-0.3, -0.25) is 0 Å². The highest BCUT2D eigenvalue weighted by molar-refractivity contribution is 6.76. The molecule has 4 aromatic rings. The average molecular weight is 697 g/mol. The number of morpholine rings is 1. The van der Waals surface area contributed by atoms with Gasteiger partial charge in [-0.1, -0.05) is 62.1 Å². The molecule has 2 aromatic heterocycles. The molecule has 6 rings (SSSR count). The smallest absolute Gasteiger partial charge is 0.410 e. The van der Waals surface area contributed by atoms with Gasteiger partial charge in [-0.15, -0.1) is 0 Å². The molecule has 4 heterocycles. The highest BCUT2D eigenvalue weighted by Gasteiger charge is 2.50. The zero-order valence-electron chi connectivity index (χ0n) is 28.1. The first-order valence-electron chi connectivity index (χ1n) is 16.6. The lowest BCUT2D eigenvalue weighted by molar-refractivity contribution is -0.163. The molecule has 2 fully saturated rings. The second kappa shape index (κ2) is 14.8. The monoisotopic (exact) mass is 696 g/mol. The third-order valence-corrected chi connectivity index (χ3v) is 10.6. The zero-order chi connectivity index (χ0) is 34.6. The second-order valence-electron chi connectivity index (χ2n) is 13.8. The number of likely N-dealkylation sites (tertiary alicyclic amines) is 1. The summed E-state index contributed by atoms with van der Waals surface area (Å²) in [6.45, 7) is 10.4. The second-order valence-corrected chi connectivity index (χ2v) is 19.4. The molecule has 0 spiro atoms. The van der Waals surface area contributed by atoms with Crippen molar-refractivity contribution in [3.63, 3.8) is 0 Å². The molecule has 2 aliphatic heterocycles. The number of anilines is 2. The van der Waals surface area contributed by atoms with Crippen LogP contribution in [0.25, 0.3) is 22.3 Å². The van der Waals surface area contributed by atoms with Gasteiger partial charge in [0.05, 0.1) is 24.3 Å². The number of carbonyl (C=O) groups excluding carboxylic acids is 1. The van der Waals surface area contributed by atoms with Gasteiger partial charge < -0.3 is 33.9 Å². The Labute approximate surface area is 285 Å². The highest BCUT2D eigenvalue weighted by atomic mass is 28.3. The van der Waals surface area contributed by atoms with Crippen molar-refractivity contribution in [1.29, 1.82) is 0 Å². The van der Waals surface area contributed by atoms with E-state index in [9.17, 15) is 18.0 Å². The summed E-state index contributed by atoms with van der Waals surface area (Å²) in [5.74, 6) is 0.0113. The fourth-order valence-corrected chi connectivity index (χ4v) is 6.81. The lowest BCUT2D eigenvalue weighted by Gasteiger charge is -2.43. The maximum Gasteiger partial charge on any atom is 0.410 e. The quantitative estimate of drug-likeness (QED) is 0.127. The van der Waals surface area contributed by atoms with Crippen molar-refractivity contribution in [1.82, 2.24) is 19.4 Å². The van der Waals surface area contributed by atoms with E-state index in [4.69, 9.17) is 14.2 Å². The Morgan fingerprint density at radius 3 is 2.43 bits per heavy atom. The summed E-state index contributed by atoms with van der Waals surface area (Å²) in [5.41, 5.74) is 3.52. The van der Waals surface area contributed by atoms with E-state index in [-0.39, 0.29) is 26.4 Å². The molecule has 14 heteroatoms. The van der Waals surface area contributed by atoms with E-state index in [2.05, 4.69) is 39.8 Å². The van der Waals surface area contributed by atoms with E-state index in [0.717, 1.165) is 39.7 Å². The number of fused-ring (bicyclic) bond motifs is 1. The van der Waals surface area contributed by atoms with Gasteiger partial charge in [-0.05, 0) is 35.4 Å². The normalized spacial score (nSPS) is 16.4. The van der Waals surface area contributed by atoms with Crippen molar-refractivity contribution in [3.8, 4) is 11.3 Å². The highest BCUT2D eigenvalue weighted by Crippen LogP contribution is 2.36. The van der Waals surface area contributed by atoms with Crippen LogP contribution in [0.15, 0.2) is 67.0 Å². The van der Waals surface area contributed by atoms with Gasteiger partial charge in [0.15, 0.2) is 0 Å². The number of nitrogens with one attached hydrogen (secondary N) is 1. The fourth-order valence-electron chi connectivity index (χ4n) is 6.05. The van der Waals surface area contributed by atoms with E-state index in [1.807, 2.05) is 41.0 Å². The molecule has 0 aliphatic carbocycles. The van der Waals surface area contributed by atoms with Crippen molar-refractivity contribution in [2.75, 3.05) is 56.2 Å². The summed E-state index contributed by atoms with van der Waals surface area (Å²) in [5, 5.41) is 3.57. The zero-order valence-corrected chi connectivity index (χ0v) is 29.1. The van der Waals surface area contributed by atoms with E-state index < -0.39 is 32.3 Å². The first kappa shape index (κ1) is 34.7. The standard InChI is InChI=1S/C35H43F3N6O4Si/c1-49(2,3)18-17-47-24-44-30(19-29-32(39-23-40-33(29)44)42-13-15-46-16-14-42)26-9-11-28(12-10-26)41-31(35(36,37)38)27-20-43(21-27)34(45)48-22-25-7-5-4-6-8-25/h4-12,19,23,27,31,41H,13-18,20-22,24H2,1-3H3. The molecule has 49 heavy (non-hydrogen) atoms. The largest absolute Gasteiger partial charge is 0.445 e. The Hall–Kier alpha value is -4.14. The van der Waals surface area contributed by atoms with Crippen LogP contribution in [0, 0.1) is 5.92 Å². The minimum atomic E-state index is -4.52. The number of ether oxygens (including phenoxy) is 3. The maximum atomic E-state index is 14.3. The summed E-state index contributed by atoms with van der Waals surface area (Å²) < 4.78 is 61.8. The molecule has 10 nitrogen and oxygen atoms in total. The first-order valence-corrected chi connectivity index (χ1v) is 20.3. The van der Waals surface area contributed by atoms with E-state index in [1.54, 1.807) is 30.6 Å². The Balaban J connectivity index is 1.17. The Kier molecular flexibility index (Phi) is 10.5. The fraction of sp³-hybridized carbons (Fsp3) is 0.457. The van der Waals surface area contributed by atoms with Crippen LogP contribution in [0.4, 0.5) is 29.5 Å². The molecule has 1 atom stereocenters. The van der Waals surface area contributed by atoms with E-state index >= 15 is 0 Å². The summed E-state index contributed by atoms with van der Waals surface area (Å²) >= 11 is 0. The van der Waals surface area contributed by atoms with Crippen molar-refractivity contribution in [2.45, 2.75) is 51.2 Å². The van der Waals surface area contributed by atoms with Crippen LogP contribution in [0.2, 0.25) is 25.7 Å². The molecule has 1 amide bonds.